The van der Waals surface area contributed by atoms with Crippen LogP contribution in [0.25, 0.3) is 99.5 Å². The van der Waals surface area contributed by atoms with Crippen LogP contribution in [-0.4, -0.2) is 17.4 Å². The zero-order chi connectivity index (χ0) is 66.8. The summed E-state index contributed by atoms with van der Waals surface area (Å²) >= 11 is -1.43. The molecule has 14 aromatic rings. The van der Waals surface area contributed by atoms with Crippen molar-refractivity contribution in [3.63, 3.8) is 0 Å². The predicted molar refractivity (Wildman–Crippen MR) is 407 cm³/mol. The average molecular weight is 1450 g/mol. The summed E-state index contributed by atoms with van der Waals surface area (Å²) in [6.45, 7) is 29.1. The van der Waals surface area contributed by atoms with Crippen LogP contribution in [0.1, 0.15) is 105 Å². The van der Waals surface area contributed by atoms with Crippen molar-refractivity contribution >= 4 is 97.4 Å². The Hall–Kier alpha value is -10.3. The van der Waals surface area contributed by atoms with Gasteiger partial charge in [-0.15, -0.1) is 0 Å². The van der Waals surface area contributed by atoms with Crippen LogP contribution in [0.5, 0.6) is 11.5 Å². The van der Waals surface area contributed by atoms with Crippen LogP contribution in [0.15, 0.2) is 231 Å². The van der Waals surface area contributed by atoms with Crippen molar-refractivity contribution in [1.29, 1.82) is 0 Å². The fourth-order valence-corrected chi connectivity index (χ4v) is 20.0. The summed E-state index contributed by atoms with van der Waals surface area (Å²) in [5.74, 6) is 1.24. The molecule has 5 aliphatic heterocycles. The number of para-hydroxylation sites is 6. The molecule has 0 radical (unpaired) electrons. The van der Waals surface area contributed by atoms with Gasteiger partial charge in [0, 0.05) is 0 Å². The van der Waals surface area contributed by atoms with Gasteiger partial charge in [0.2, 0.25) is 0 Å². The van der Waals surface area contributed by atoms with Gasteiger partial charge in [0.15, 0.2) is 0 Å². The van der Waals surface area contributed by atoms with E-state index in [9.17, 15) is 0 Å². The van der Waals surface area contributed by atoms with Crippen LogP contribution in [-0.2, 0) is 39.3 Å². The Morgan fingerprint density at radius 3 is 0.898 bits per heavy atom. The molecule has 19 rings (SSSR count). The molecule has 0 spiro atoms. The zero-order valence-corrected chi connectivity index (χ0v) is 59.6. The molecule has 2 aromatic heterocycles. The summed E-state index contributed by atoms with van der Waals surface area (Å²) in [7, 11) is 0. The van der Waals surface area contributed by atoms with Gasteiger partial charge in [0.05, 0.1) is 0 Å². The second-order valence-electron chi connectivity index (χ2n) is 31.2. The van der Waals surface area contributed by atoms with Gasteiger partial charge in [-0.3, -0.25) is 0 Å². The van der Waals surface area contributed by atoms with Crippen LogP contribution in [0.3, 0.4) is 0 Å². The minimum atomic E-state index is -1.43. The van der Waals surface area contributed by atoms with E-state index in [2.05, 4.69) is 342 Å². The number of hydrogen-bond acceptors (Lipinski definition) is 5. The monoisotopic (exact) mass is 1450 g/mol. The van der Waals surface area contributed by atoms with E-state index in [-0.39, 0.29) is 21.7 Å². The third-order valence-electron chi connectivity index (χ3n) is 20.8. The van der Waals surface area contributed by atoms with Gasteiger partial charge in [0.25, 0.3) is 0 Å². The first-order valence-corrected chi connectivity index (χ1v) is 36.6. The number of benzene rings is 12. The number of rotatable bonds is 2. The van der Waals surface area contributed by atoms with Crippen molar-refractivity contribution in [2.24, 2.45) is 0 Å². The van der Waals surface area contributed by atoms with Crippen LogP contribution >= 0.6 is 0 Å². The van der Waals surface area contributed by atoms with Crippen LogP contribution in [0.4, 0.5) is 45.5 Å². The topological polar surface area (TPSA) is 32.1 Å². The van der Waals surface area contributed by atoms with Gasteiger partial charge in [0.1, 0.15) is 0 Å². The van der Waals surface area contributed by atoms with Gasteiger partial charge in [-0.2, -0.15) is 0 Å². The number of aromatic nitrogens is 2. The summed E-state index contributed by atoms with van der Waals surface area (Å²) in [5.41, 5.74) is 28.5. The predicted octanol–water partition coefficient (Wildman–Crippen LogP) is 23.6. The molecule has 0 saturated carbocycles. The van der Waals surface area contributed by atoms with Crippen molar-refractivity contribution in [3.05, 3.63) is 265 Å². The summed E-state index contributed by atoms with van der Waals surface area (Å²) < 4.78 is 14.4. The van der Waals surface area contributed by atoms with E-state index >= 15 is 0 Å². The molecule has 0 aliphatic carbocycles. The Kier molecular flexibility index (Phi) is 12.4. The summed E-state index contributed by atoms with van der Waals surface area (Å²) in [4.78, 5) is 10.6. The minimum absolute atomic E-state index is 0.360. The van der Waals surface area contributed by atoms with E-state index in [0.29, 0.717) is 11.5 Å². The number of nitrogens with zero attached hydrogens (tertiary/aromatic N) is 6. The third-order valence-corrected chi connectivity index (χ3v) is 23.8. The fourth-order valence-electron chi connectivity index (χ4n) is 16.4. The molecule has 16 bridgehead atoms. The van der Waals surface area contributed by atoms with E-state index < -0.39 is 17.6 Å². The number of ether oxygens (including phenoxy) is 1. The Balaban J connectivity index is 1.16. The molecule has 0 N–H and O–H groups in total. The molecule has 8 heteroatoms. The zero-order valence-electron chi connectivity index (χ0n) is 57.3. The normalized spacial score (nSPS) is 14.5. The maximum atomic E-state index is 7.05. The molecule has 0 amide bonds. The van der Waals surface area contributed by atoms with Crippen LogP contribution < -0.4 is 24.3 Å². The fraction of sp³-hybridized carbons (Fsp3) is 0.178. The Labute approximate surface area is 581 Å². The number of hydrogen-bond donors (Lipinski definition) is 0. The molecule has 0 atom stereocenters. The first-order valence-electron chi connectivity index (χ1n) is 34.3. The molecular weight excluding hydrogens is 1380 g/mol. The molecule has 12 aromatic carbocycles. The van der Waals surface area contributed by atoms with Gasteiger partial charge >= 0.3 is 573 Å². The first-order chi connectivity index (χ1) is 47.2. The van der Waals surface area contributed by atoms with Crippen molar-refractivity contribution in [1.82, 2.24) is 9.13 Å². The van der Waals surface area contributed by atoms with E-state index in [1.807, 2.05) is 12.1 Å². The van der Waals surface area contributed by atoms with Gasteiger partial charge in [-0.05, 0) is 0 Å². The summed E-state index contributed by atoms with van der Waals surface area (Å²) in [6, 6.07) is 96.0. The number of fused-ring (bicyclic) bond motifs is 18. The molecule has 98 heavy (non-hydrogen) atoms. The summed E-state index contributed by atoms with van der Waals surface area (Å²) in [6.07, 6.45) is 0. The second-order valence-corrected chi connectivity index (χ2v) is 33.8. The maximum absolute atomic E-state index is 7.05. The van der Waals surface area contributed by atoms with Gasteiger partial charge < -0.3 is 0 Å². The molecule has 7 heterocycles. The van der Waals surface area contributed by atoms with E-state index in [4.69, 9.17) is 4.74 Å². The van der Waals surface area contributed by atoms with Gasteiger partial charge in [-0.25, -0.2) is 0 Å². The van der Waals surface area contributed by atoms with E-state index in [1.54, 1.807) is 0 Å². The molecular formula is C90H74N6OPt-2. The molecule has 5 aliphatic rings. The number of anilines is 8. The summed E-state index contributed by atoms with van der Waals surface area (Å²) in [5, 5.41) is 4.78. The quantitative estimate of drug-likeness (QED) is 0.161. The molecule has 482 valence electrons. The SMILES string of the molecule is CC(C)(C)c1cc(C(C)(C)C)c2c3c1-c1ccc4c(c1)c1cc(ccc1n4-c1ccccc1)-c1c(C(C)(C)C)cc(C(C)(C)C)c(c1N1[C]4=[Pt]=[C]5N(c6[c-]c(ccc6)Oc6[c-]c(ccc6)N4c4ccccc41)c1ccccc1N53)-c1ccc3c(c1)c1cc-2ccc1n3-c1ccccc1. The molecule has 0 fully saturated rings. The molecule has 0 unspecified atom stereocenters. The van der Waals surface area contributed by atoms with Crippen LogP contribution in [0, 0.1) is 12.1 Å². The van der Waals surface area contributed by atoms with Crippen LogP contribution in [0.2, 0.25) is 0 Å². The molecule has 7 nitrogen and oxygen atoms in total. The van der Waals surface area contributed by atoms with Crippen molar-refractivity contribution in [3.8, 4) is 67.4 Å². The van der Waals surface area contributed by atoms with Crippen molar-refractivity contribution in [2.75, 3.05) is 19.6 Å². The van der Waals surface area contributed by atoms with Crippen molar-refractivity contribution < 1.29 is 22.4 Å². The average Bonchev–Trinajstić information content (AvgIpc) is 1.30. The standard InChI is InChI=1S/C90H74N6O.Pt/c1-87(2,3)69-51-70(88(4,5)6)82-56-38-42-75-67(46-56)68-48-58(40-44-76(68)96(75)60-27-17-14-18-28-60)84-72(90(10,11)12)52-71(89(7,8)9)83-57-39-43-74-66(47-57)65-45-55(37-41-73(65)95(74)59-25-15-13-16-26-59)81(69)85(82)93-53-91(77-33-19-21-35-79(77)93)61-29-23-31-63(49-61)97-64-32-24-30-62(50-64)92-54-94(86(83)84)80-36-22-20-34-78(80)92;/h13-48,51-52H,1-12H3;/q-2;. The third kappa shape index (κ3) is 8.57. The van der Waals surface area contributed by atoms with E-state index in [0.717, 1.165) is 109 Å². The second kappa shape index (κ2) is 20.6. The Morgan fingerprint density at radius 1 is 0.296 bits per heavy atom. The first kappa shape index (κ1) is 59.0. The molecule has 0 saturated heterocycles. The van der Waals surface area contributed by atoms with Gasteiger partial charge in [-0.1, -0.05) is 12.1 Å². The van der Waals surface area contributed by atoms with Crippen molar-refractivity contribution in [2.45, 2.75) is 105 Å². The Bertz CT molecular complexity index is 5340. The Morgan fingerprint density at radius 2 is 0.592 bits per heavy atom. The van der Waals surface area contributed by atoms with E-state index in [1.165, 1.54) is 66.1 Å².